The molecule has 1 N–H and O–H groups in total. The zero-order valence-corrected chi connectivity index (χ0v) is 12.0. The Bertz CT molecular complexity index is 375. The summed E-state index contributed by atoms with van der Waals surface area (Å²) in [4.78, 5) is 0. The van der Waals surface area contributed by atoms with Crippen LogP contribution in [0, 0.1) is 6.92 Å². The molecule has 4 heteroatoms. The molecule has 96 valence electrons. The number of nitrogens with one attached hydrogen (secondary N) is 1. The van der Waals surface area contributed by atoms with Crippen LogP contribution in [0.2, 0.25) is 0 Å². The molecule has 0 radical (unpaired) electrons. The topological polar surface area (TPSA) is 29.9 Å². The van der Waals surface area contributed by atoms with Crippen molar-refractivity contribution in [1.29, 1.82) is 0 Å². The van der Waals surface area contributed by atoms with E-state index in [0.29, 0.717) is 12.1 Å². The number of hydrogen-bond donors (Lipinski definition) is 1. The zero-order chi connectivity index (χ0) is 12.4. The molecule has 1 saturated heterocycles. The van der Waals surface area contributed by atoms with E-state index < -0.39 is 0 Å². The molecule has 0 saturated carbocycles. The van der Waals surface area contributed by atoms with E-state index in [-0.39, 0.29) is 0 Å². The smallest absolute Gasteiger partial charge is 0.0540 e. The van der Waals surface area contributed by atoms with Crippen LogP contribution in [-0.4, -0.2) is 26.8 Å². The number of rotatable bonds is 3. The molecule has 1 aliphatic heterocycles. The standard InChI is InChI=1S/C13H23N3S/c1-9(12-8-14-16(4)10(12)2)15-13-6-5-7-17-11(13)3/h8-9,11,13,15H,5-7H2,1-4H3. The fourth-order valence-corrected chi connectivity index (χ4v) is 3.65. The maximum absolute atomic E-state index is 4.32. The molecular weight excluding hydrogens is 230 g/mol. The van der Waals surface area contributed by atoms with E-state index in [4.69, 9.17) is 0 Å². The normalized spacial score (nSPS) is 27.1. The molecule has 2 rings (SSSR count). The van der Waals surface area contributed by atoms with Crippen molar-refractivity contribution in [3.8, 4) is 0 Å². The second-order valence-corrected chi connectivity index (χ2v) is 6.51. The third kappa shape index (κ3) is 2.86. The quantitative estimate of drug-likeness (QED) is 0.898. The first-order valence-corrected chi connectivity index (χ1v) is 7.50. The highest BCUT2D eigenvalue weighted by atomic mass is 32.2. The molecule has 0 aromatic carbocycles. The van der Waals surface area contributed by atoms with Gasteiger partial charge in [-0.3, -0.25) is 4.68 Å². The van der Waals surface area contributed by atoms with Gasteiger partial charge in [-0.1, -0.05) is 6.92 Å². The van der Waals surface area contributed by atoms with Gasteiger partial charge in [-0.2, -0.15) is 16.9 Å². The highest BCUT2D eigenvalue weighted by Gasteiger charge is 2.24. The van der Waals surface area contributed by atoms with E-state index in [1.807, 2.05) is 17.9 Å². The largest absolute Gasteiger partial charge is 0.306 e. The number of aryl methyl sites for hydroxylation is 1. The number of thioether (sulfide) groups is 1. The van der Waals surface area contributed by atoms with E-state index >= 15 is 0 Å². The number of hydrogen-bond acceptors (Lipinski definition) is 3. The van der Waals surface area contributed by atoms with Crippen molar-refractivity contribution in [3.63, 3.8) is 0 Å². The van der Waals surface area contributed by atoms with Gasteiger partial charge < -0.3 is 5.32 Å². The van der Waals surface area contributed by atoms with E-state index in [1.54, 1.807) is 0 Å². The molecule has 3 atom stereocenters. The Morgan fingerprint density at radius 1 is 1.59 bits per heavy atom. The van der Waals surface area contributed by atoms with Crippen LogP contribution in [0.4, 0.5) is 0 Å². The van der Waals surface area contributed by atoms with Gasteiger partial charge in [0.05, 0.1) is 6.20 Å². The van der Waals surface area contributed by atoms with Gasteiger partial charge >= 0.3 is 0 Å². The first kappa shape index (κ1) is 13.0. The van der Waals surface area contributed by atoms with Gasteiger partial charge in [0.2, 0.25) is 0 Å². The molecule has 0 aliphatic carbocycles. The predicted molar refractivity (Wildman–Crippen MR) is 74.4 cm³/mol. The van der Waals surface area contributed by atoms with Gasteiger partial charge in [0.1, 0.15) is 0 Å². The Balaban J connectivity index is 2.01. The lowest BCUT2D eigenvalue weighted by molar-refractivity contribution is 0.416. The highest BCUT2D eigenvalue weighted by molar-refractivity contribution is 7.99. The second kappa shape index (κ2) is 5.44. The molecule has 17 heavy (non-hydrogen) atoms. The summed E-state index contributed by atoms with van der Waals surface area (Å²) in [6, 6.07) is 1.04. The Kier molecular flexibility index (Phi) is 4.15. The lowest BCUT2D eigenvalue weighted by Gasteiger charge is -2.31. The summed E-state index contributed by atoms with van der Waals surface area (Å²) in [5, 5.41) is 8.81. The minimum atomic E-state index is 0.398. The van der Waals surface area contributed by atoms with Crippen molar-refractivity contribution >= 4 is 11.8 Å². The summed E-state index contributed by atoms with van der Waals surface area (Å²) >= 11 is 2.09. The third-order valence-electron chi connectivity index (χ3n) is 3.81. The fourth-order valence-electron chi connectivity index (χ4n) is 2.49. The minimum Gasteiger partial charge on any atom is -0.306 e. The lowest BCUT2D eigenvalue weighted by Crippen LogP contribution is -2.40. The van der Waals surface area contributed by atoms with Gasteiger partial charge in [-0.05, 0) is 32.4 Å². The average Bonchev–Trinajstić information content (AvgIpc) is 2.63. The first-order valence-electron chi connectivity index (χ1n) is 6.45. The van der Waals surface area contributed by atoms with Crippen molar-refractivity contribution in [1.82, 2.24) is 15.1 Å². The van der Waals surface area contributed by atoms with E-state index in [2.05, 4.69) is 42.9 Å². The average molecular weight is 253 g/mol. The fraction of sp³-hybridized carbons (Fsp3) is 0.769. The molecule has 0 bridgehead atoms. The molecule has 0 spiro atoms. The molecule has 3 unspecified atom stereocenters. The Morgan fingerprint density at radius 3 is 2.94 bits per heavy atom. The monoisotopic (exact) mass is 253 g/mol. The van der Waals surface area contributed by atoms with Crippen molar-refractivity contribution in [2.75, 3.05) is 5.75 Å². The highest BCUT2D eigenvalue weighted by Crippen LogP contribution is 2.27. The maximum atomic E-state index is 4.32. The molecular formula is C13H23N3S. The van der Waals surface area contributed by atoms with Crippen LogP contribution in [-0.2, 0) is 7.05 Å². The van der Waals surface area contributed by atoms with Crippen molar-refractivity contribution in [2.45, 2.75) is 50.9 Å². The number of nitrogens with zero attached hydrogens (tertiary/aromatic N) is 2. The van der Waals surface area contributed by atoms with E-state index in [0.717, 1.165) is 5.25 Å². The second-order valence-electron chi connectivity index (χ2n) is 5.02. The molecule has 0 amide bonds. The Hall–Kier alpha value is -0.480. The molecule has 1 aromatic rings. The maximum Gasteiger partial charge on any atom is 0.0540 e. The van der Waals surface area contributed by atoms with Crippen LogP contribution in [0.3, 0.4) is 0 Å². The summed E-state index contributed by atoms with van der Waals surface area (Å²) < 4.78 is 1.95. The van der Waals surface area contributed by atoms with Crippen LogP contribution in [0.1, 0.15) is 44.0 Å². The van der Waals surface area contributed by atoms with Gasteiger partial charge in [-0.15, -0.1) is 0 Å². The van der Waals surface area contributed by atoms with Gasteiger partial charge in [0, 0.05) is 35.6 Å². The zero-order valence-electron chi connectivity index (χ0n) is 11.2. The van der Waals surface area contributed by atoms with Gasteiger partial charge in [-0.25, -0.2) is 0 Å². The summed E-state index contributed by atoms with van der Waals surface area (Å²) in [6.07, 6.45) is 4.64. The molecule has 2 heterocycles. The van der Waals surface area contributed by atoms with Crippen LogP contribution in [0.25, 0.3) is 0 Å². The van der Waals surface area contributed by atoms with Crippen LogP contribution < -0.4 is 5.32 Å². The molecule has 1 aliphatic rings. The van der Waals surface area contributed by atoms with E-state index in [9.17, 15) is 0 Å². The Labute approximate surface area is 108 Å². The minimum absolute atomic E-state index is 0.398. The first-order chi connectivity index (χ1) is 8.09. The van der Waals surface area contributed by atoms with Crippen molar-refractivity contribution in [3.05, 3.63) is 17.5 Å². The molecule has 1 fully saturated rings. The summed E-state index contributed by atoms with van der Waals surface area (Å²) in [5.41, 5.74) is 2.59. The van der Waals surface area contributed by atoms with E-state index in [1.165, 1.54) is 29.9 Å². The van der Waals surface area contributed by atoms with Crippen LogP contribution in [0.5, 0.6) is 0 Å². The predicted octanol–water partition coefficient (Wildman–Crippen LogP) is 2.66. The van der Waals surface area contributed by atoms with Crippen molar-refractivity contribution in [2.24, 2.45) is 7.05 Å². The van der Waals surface area contributed by atoms with Gasteiger partial charge in [0.25, 0.3) is 0 Å². The summed E-state index contributed by atoms with van der Waals surface area (Å²) in [6.45, 7) is 6.72. The van der Waals surface area contributed by atoms with Crippen molar-refractivity contribution < 1.29 is 0 Å². The van der Waals surface area contributed by atoms with Crippen LogP contribution in [0.15, 0.2) is 6.20 Å². The van der Waals surface area contributed by atoms with Crippen LogP contribution >= 0.6 is 11.8 Å². The Morgan fingerprint density at radius 2 is 2.35 bits per heavy atom. The summed E-state index contributed by atoms with van der Waals surface area (Å²) in [7, 11) is 2.00. The molecule has 1 aromatic heterocycles. The number of aromatic nitrogens is 2. The molecule has 3 nitrogen and oxygen atoms in total. The third-order valence-corrected chi connectivity index (χ3v) is 5.19. The SMILES string of the molecule is Cc1c(C(C)NC2CCCSC2C)cnn1C. The summed E-state index contributed by atoms with van der Waals surface area (Å²) in [5.74, 6) is 1.32. The lowest BCUT2D eigenvalue weighted by atomic mass is 10.0. The van der Waals surface area contributed by atoms with Gasteiger partial charge in [0.15, 0.2) is 0 Å².